The van der Waals surface area contributed by atoms with Gasteiger partial charge in [0.1, 0.15) is 16.8 Å². The molecule has 55 heavy (non-hydrogen) atoms. The van der Waals surface area contributed by atoms with E-state index < -0.39 is 17.1 Å². The van der Waals surface area contributed by atoms with Gasteiger partial charge in [0.15, 0.2) is 0 Å². The van der Waals surface area contributed by atoms with E-state index in [1.165, 1.54) is 16.8 Å². The topological polar surface area (TPSA) is 120 Å². The molecule has 10 heteroatoms. The molecule has 1 aliphatic rings. The summed E-state index contributed by atoms with van der Waals surface area (Å²) in [5.41, 5.74) is 5.20. The Kier molecular flexibility index (Phi) is 11.4. The molecule has 270 valence electrons. The van der Waals surface area contributed by atoms with Crippen molar-refractivity contribution in [1.29, 1.82) is 0 Å². The monoisotopic (exact) mass is 741 g/mol. The number of amidine groups is 1. The number of amides is 4. The van der Waals surface area contributed by atoms with Crippen LogP contribution in [-0.2, 0) is 14.4 Å². The minimum Gasteiger partial charge on any atom is -0.321 e. The Balaban J connectivity index is 1.07. The van der Waals surface area contributed by atoms with Crippen LogP contribution >= 0.6 is 11.8 Å². The van der Waals surface area contributed by atoms with Gasteiger partial charge in [0.25, 0.3) is 17.7 Å². The number of hydrogen-bond acceptors (Lipinski definition) is 6. The van der Waals surface area contributed by atoms with Gasteiger partial charge in [0.05, 0.1) is 12.1 Å². The maximum absolute atomic E-state index is 13.7. The molecule has 3 N–H and O–H groups in total. The highest BCUT2D eigenvalue weighted by atomic mass is 32.2. The zero-order valence-corrected chi connectivity index (χ0v) is 30.3. The Hall–Kier alpha value is -7.04. The molecule has 0 saturated carbocycles. The van der Waals surface area contributed by atoms with Crippen LogP contribution in [0.1, 0.15) is 33.2 Å². The fraction of sp³-hybridized carbons (Fsp3) is 0.0444. The normalized spacial score (nSPS) is 13.1. The van der Waals surface area contributed by atoms with Crippen molar-refractivity contribution < 1.29 is 19.2 Å². The van der Waals surface area contributed by atoms with Crippen LogP contribution in [-0.4, -0.2) is 29.5 Å². The summed E-state index contributed by atoms with van der Waals surface area (Å²) in [6.45, 7) is 0. The summed E-state index contributed by atoms with van der Waals surface area (Å²) in [5.74, 6) is -1.21. The zero-order chi connectivity index (χ0) is 38.0. The third kappa shape index (κ3) is 9.31. The largest absolute Gasteiger partial charge is 0.321 e. The number of para-hydroxylation sites is 1. The summed E-state index contributed by atoms with van der Waals surface area (Å²) < 4.78 is 0. The molecule has 0 bridgehead atoms. The number of benzene rings is 6. The summed E-state index contributed by atoms with van der Waals surface area (Å²) in [5, 5.41) is 13.6. The van der Waals surface area contributed by atoms with Crippen molar-refractivity contribution in [2.24, 2.45) is 5.10 Å². The predicted octanol–water partition coefficient (Wildman–Crippen LogP) is 8.46. The van der Waals surface area contributed by atoms with Gasteiger partial charge in [-0.1, -0.05) is 121 Å². The van der Waals surface area contributed by atoms with E-state index >= 15 is 0 Å². The van der Waals surface area contributed by atoms with E-state index in [4.69, 9.17) is 0 Å². The Morgan fingerprint density at radius 3 is 1.89 bits per heavy atom. The van der Waals surface area contributed by atoms with Crippen LogP contribution < -0.4 is 21.0 Å². The van der Waals surface area contributed by atoms with Gasteiger partial charge in [-0.05, 0) is 76.9 Å². The van der Waals surface area contributed by atoms with Gasteiger partial charge >= 0.3 is 0 Å². The van der Waals surface area contributed by atoms with Gasteiger partial charge in [0.2, 0.25) is 5.91 Å². The number of rotatable bonds is 11. The molecular weight excluding hydrogens is 707 g/mol. The first-order valence-corrected chi connectivity index (χ1v) is 18.4. The molecule has 6 aromatic rings. The van der Waals surface area contributed by atoms with Crippen molar-refractivity contribution >= 4 is 58.7 Å². The van der Waals surface area contributed by atoms with Crippen LogP contribution in [0.25, 0.3) is 17.2 Å². The molecule has 1 aliphatic heterocycles. The van der Waals surface area contributed by atoms with Gasteiger partial charge in [-0.25, -0.2) is 0 Å². The lowest BCUT2D eigenvalue weighted by Gasteiger charge is -2.17. The lowest BCUT2D eigenvalue weighted by Crippen LogP contribution is -2.33. The summed E-state index contributed by atoms with van der Waals surface area (Å²) >= 11 is 1.33. The van der Waals surface area contributed by atoms with Gasteiger partial charge in [-0.2, -0.15) is 10.1 Å². The van der Waals surface area contributed by atoms with Crippen molar-refractivity contribution in [3.63, 3.8) is 0 Å². The lowest BCUT2D eigenvalue weighted by molar-refractivity contribution is -0.119. The lowest BCUT2D eigenvalue weighted by atomic mass is 10.0. The van der Waals surface area contributed by atoms with Crippen molar-refractivity contribution in [3.05, 3.63) is 192 Å². The molecule has 0 fully saturated rings. The molecule has 6 aromatic carbocycles. The second kappa shape index (κ2) is 17.2. The van der Waals surface area contributed by atoms with Gasteiger partial charge in [-0.3, -0.25) is 19.2 Å². The van der Waals surface area contributed by atoms with E-state index in [-0.39, 0.29) is 29.8 Å². The molecule has 1 unspecified atom stereocenters. The maximum Gasteiger partial charge on any atom is 0.272 e. The standard InChI is InChI=1S/C45H35N5O4S/c51-41-30-40(49-50(41)37-19-11-4-12-20-37)48-45(54)42(34-15-7-2-8-16-34)55-38-27-25-36(26-28-38)46-44(53)39(47-43(52)35-17-9-3-10-18-35)29-31-21-23-33(24-22-31)32-13-5-1-6-14-32/h1-29,42H,30H2,(H,46,53)(H,47,52)(H,48,49,54)/b39-29-. The molecular formula is C45H35N5O4S. The van der Waals surface area contributed by atoms with Crippen molar-refractivity contribution in [1.82, 2.24) is 10.6 Å². The van der Waals surface area contributed by atoms with E-state index in [1.54, 1.807) is 54.6 Å². The fourth-order valence-electron chi connectivity index (χ4n) is 5.84. The molecule has 1 atom stereocenters. The van der Waals surface area contributed by atoms with Crippen molar-refractivity contribution in [3.8, 4) is 11.1 Å². The van der Waals surface area contributed by atoms with Gasteiger partial charge < -0.3 is 16.0 Å². The SMILES string of the molecule is O=C(Nc1ccc(SC(C(=O)NC2=NN(c3ccccc3)C(=O)C2)c2ccccc2)cc1)/C(=C/c1ccc(-c2ccccc2)cc1)NC(=O)c1ccccc1. The van der Waals surface area contributed by atoms with E-state index in [0.29, 0.717) is 16.9 Å². The summed E-state index contributed by atoms with van der Waals surface area (Å²) in [6, 6.07) is 51.9. The van der Waals surface area contributed by atoms with Crippen molar-refractivity contribution in [2.75, 3.05) is 10.3 Å². The van der Waals surface area contributed by atoms with E-state index in [2.05, 4.69) is 21.1 Å². The van der Waals surface area contributed by atoms with Crippen LogP contribution in [0.4, 0.5) is 11.4 Å². The highest BCUT2D eigenvalue weighted by Crippen LogP contribution is 2.36. The second-order valence-electron chi connectivity index (χ2n) is 12.5. The predicted molar refractivity (Wildman–Crippen MR) is 218 cm³/mol. The Labute approximate surface area is 322 Å². The average molecular weight is 742 g/mol. The number of carbonyl (C=O) groups excluding carboxylic acids is 4. The number of anilines is 2. The smallest absolute Gasteiger partial charge is 0.272 e. The molecule has 0 radical (unpaired) electrons. The Morgan fingerprint density at radius 2 is 1.24 bits per heavy atom. The zero-order valence-electron chi connectivity index (χ0n) is 29.5. The number of hydrazone groups is 1. The van der Waals surface area contributed by atoms with Crippen LogP contribution in [0.2, 0.25) is 0 Å². The number of nitrogens with one attached hydrogen (secondary N) is 3. The molecule has 0 saturated heterocycles. The van der Waals surface area contributed by atoms with Crippen molar-refractivity contribution in [2.45, 2.75) is 16.6 Å². The molecule has 4 amide bonds. The van der Waals surface area contributed by atoms with Crippen LogP contribution in [0.15, 0.2) is 186 Å². The number of carbonyl (C=O) groups is 4. The number of thioether (sulfide) groups is 1. The molecule has 1 heterocycles. The fourth-order valence-corrected chi connectivity index (χ4v) is 6.87. The molecule has 0 aromatic heterocycles. The highest BCUT2D eigenvalue weighted by molar-refractivity contribution is 8.00. The second-order valence-corrected chi connectivity index (χ2v) is 13.7. The average Bonchev–Trinajstić information content (AvgIpc) is 3.60. The molecule has 9 nitrogen and oxygen atoms in total. The molecule has 0 spiro atoms. The van der Waals surface area contributed by atoms with E-state index in [0.717, 1.165) is 27.1 Å². The third-order valence-corrected chi connectivity index (χ3v) is 9.87. The highest BCUT2D eigenvalue weighted by Gasteiger charge is 2.29. The first kappa shape index (κ1) is 36.3. The van der Waals surface area contributed by atoms with E-state index in [1.807, 2.05) is 121 Å². The molecule has 7 rings (SSSR count). The van der Waals surface area contributed by atoms with Crippen LogP contribution in [0, 0.1) is 0 Å². The Morgan fingerprint density at radius 1 is 0.655 bits per heavy atom. The van der Waals surface area contributed by atoms with Crippen LogP contribution in [0.5, 0.6) is 0 Å². The quantitative estimate of drug-likeness (QED) is 0.0910. The third-order valence-electron chi connectivity index (χ3n) is 8.61. The number of hydrogen-bond donors (Lipinski definition) is 3. The summed E-state index contributed by atoms with van der Waals surface area (Å²) in [4.78, 5) is 54.1. The molecule has 0 aliphatic carbocycles. The summed E-state index contributed by atoms with van der Waals surface area (Å²) in [7, 11) is 0. The van der Waals surface area contributed by atoms with E-state index in [9.17, 15) is 19.2 Å². The van der Waals surface area contributed by atoms with Crippen LogP contribution in [0.3, 0.4) is 0 Å². The van der Waals surface area contributed by atoms with Gasteiger partial charge in [0, 0.05) is 16.1 Å². The minimum atomic E-state index is -0.666. The first-order chi connectivity index (χ1) is 26.9. The summed E-state index contributed by atoms with van der Waals surface area (Å²) in [6.07, 6.45) is 1.61. The Bertz CT molecular complexity index is 2350. The number of nitrogens with zero attached hydrogens (tertiary/aromatic N) is 2. The first-order valence-electron chi connectivity index (χ1n) is 17.5. The minimum absolute atomic E-state index is 0.0254. The maximum atomic E-state index is 13.7. The van der Waals surface area contributed by atoms with Gasteiger partial charge in [-0.15, -0.1) is 11.8 Å².